The Balaban J connectivity index is 2.57. The van der Waals surface area contributed by atoms with Crippen molar-refractivity contribution in [2.75, 3.05) is 6.61 Å². The Morgan fingerprint density at radius 2 is 1.94 bits per heavy atom. The molecule has 17 heavy (non-hydrogen) atoms. The number of rotatable bonds is 4. The van der Waals surface area contributed by atoms with E-state index in [-0.39, 0.29) is 6.04 Å². The fraction of sp³-hybridized carbons (Fsp3) is 0.333. The van der Waals surface area contributed by atoms with Gasteiger partial charge in [-0.2, -0.15) is 0 Å². The SMILES string of the molecule is CCCOc1c([C@H](C)N)ccc2ccccc12. The lowest BCUT2D eigenvalue weighted by Crippen LogP contribution is -2.08. The Morgan fingerprint density at radius 1 is 1.18 bits per heavy atom. The highest BCUT2D eigenvalue weighted by molar-refractivity contribution is 5.89. The summed E-state index contributed by atoms with van der Waals surface area (Å²) in [6, 6.07) is 12.4. The fourth-order valence-corrected chi connectivity index (χ4v) is 1.98. The van der Waals surface area contributed by atoms with Crippen LogP contribution in [0.5, 0.6) is 5.75 Å². The van der Waals surface area contributed by atoms with Crippen molar-refractivity contribution in [3.05, 3.63) is 42.0 Å². The summed E-state index contributed by atoms with van der Waals surface area (Å²) < 4.78 is 5.88. The molecule has 2 nitrogen and oxygen atoms in total. The van der Waals surface area contributed by atoms with E-state index in [9.17, 15) is 0 Å². The van der Waals surface area contributed by atoms with Crippen molar-refractivity contribution >= 4 is 10.8 Å². The molecule has 0 unspecified atom stereocenters. The van der Waals surface area contributed by atoms with Crippen LogP contribution >= 0.6 is 0 Å². The Morgan fingerprint density at radius 3 is 2.65 bits per heavy atom. The molecule has 0 saturated heterocycles. The third kappa shape index (κ3) is 2.42. The second-order valence-electron chi connectivity index (χ2n) is 4.34. The number of ether oxygens (including phenoxy) is 1. The summed E-state index contributed by atoms with van der Waals surface area (Å²) in [5.41, 5.74) is 7.08. The molecule has 2 aromatic rings. The predicted octanol–water partition coefficient (Wildman–Crippen LogP) is 3.65. The third-order valence-electron chi connectivity index (χ3n) is 2.85. The van der Waals surface area contributed by atoms with Crippen LogP contribution in [-0.4, -0.2) is 6.61 Å². The monoisotopic (exact) mass is 229 g/mol. The van der Waals surface area contributed by atoms with Crippen molar-refractivity contribution in [3.63, 3.8) is 0 Å². The van der Waals surface area contributed by atoms with Crippen molar-refractivity contribution < 1.29 is 4.74 Å². The summed E-state index contributed by atoms with van der Waals surface area (Å²) in [6.07, 6.45) is 1.00. The molecule has 2 aromatic carbocycles. The first-order valence-electron chi connectivity index (χ1n) is 6.14. The lowest BCUT2D eigenvalue weighted by molar-refractivity contribution is 0.316. The Labute approximate surface area is 102 Å². The highest BCUT2D eigenvalue weighted by atomic mass is 16.5. The molecule has 2 N–H and O–H groups in total. The Bertz CT molecular complexity index is 505. The van der Waals surface area contributed by atoms with Gasteiger partial charge in [0.15, 0.2) is 0 Å². The maximum atomic E-state index is 6.00. The van der Waals surface area contributed by atoms with Gasteiger partial charge < -0.3 is 10.5 Å². The highest BCUT2D eigenvalue weighted by Gasteiger charge is 2.11. The highest BCUT2D eigenvalue weighted by Crippen LogP contribution is 2.32. The van der Waals surface area contributed by atoms with Gasteiger partial charge in [0.2, 0.25) is 0 Å². The largest absolute Gasteiger partial charge is 0.493 e. The second kappa shape index (κ2) is 5.19. The van der Waals surface area contributed by atoms with E-state index in [0.29, 0.717) is 0 Å². The molecule has 0 aromatic heterocycles. The van der Waals surface area contributed by atoms with Crippen molar-refractivity contribution in [2.24, 2.45) is 5.73 Å². The van der Waals surface area contributed by atoms with E-state index in [0.717, 1.165) is 29.7 Å². The van der Waals surface area contributed by atoms with Crippen LogP contribution in [0.1, 0.15) is 31.9 Å². The molecule has 0 aliphatic carbocycles. The van der Waals surface area contributed by atoms with Gasteiger partial charge in [-0.05, 0) is 18.7 Å². The van der Waals surface area contributed by atoms with Gasteiger partial charge >= 0.3 is 0 Å². The van der Waals surface area contributed by atoms with Gasteiger partial charge in [0.25, 0.3) is 0 Å². The summed E-state index contributed by atoms with van der Waals surface area (Å²) in [5.74, 6) is 0.944. The van der Waals surface area contributed by atoms with E-state index in [4.69, 9.17) is 10.5 Å². The van der Waals surface area contributed by atoms with Crippen molar-refractivity contribution in [3.8, 4) is 5.75 Å². The van der Waals surface area contributed by atoms with Gasteiger partial charge in [0.1, 0.15) is 5.75 Å². The standard InChI is InChI=1S/C15H19NO/c1-3-10-17-15-13(11(2)16)9-8-12-6-4-5-7-14(12)15/h4-9,11H,3,10,16H2,1-2H3/t11-/m0/s1. The minimum absolute atomic E-state index is 0.00791. The Hall–Kier alpha value is -1.54. The maximum absolute atomic E-state index is 6.00. The first-order chi connectivity index (χ1) is 8.24. The first kappa shape index (κ1) is 11.9. The van der Waals surface area contributed by atoms with Crippen LogP contribution in [0.3, 0.4) is 0 Å². The minimum atomic E-state index is -0.00791. The molecule has 0 bridgehead atoms. The average molecular weight is 229 g/mol. The van der Waals surface area contributed by atoms with E-state index in [1.165, 1.54) is 5.39 Å². The number of hydrogen-bond donors (Lipinski definition) is 1. The van der Waals surface area contributed by atoms with Crippen molar-refractivity contribution in [2.45, 2.75) is 26.3 Å². The molecule has 0 fully saturated rings. The van der Waals surface area contributed by atoms with E-state index < -0.39 is 0 Å². The zero-order valence-corrected chi connectivity index (χ0v) is 10.4. The lowest BCUT2D eigenvalue weighted by atomic mass is 10.0. The zero-order chi connectivity index (χ0) is 12.3. The normalized spacial score (nSPS) is 12.6. The number of fused-ring (bicyclic) bond motifs is 1. The second-order valence-corrected chi connectivity index (χ2v) is 4.34. The molecule has 0 spiro atoms. The predicted molar refractivity (Wildman–Crippen MR) is 72.3 cm³/mol. The molecule has 0 aliphatic rings. The summed E-state index contributed by atoms with van der Waals surface area (Å²) in [6.45, 7) is 4.83. The summed E-state index contributed by atoms with van der Waals surface area (Å²) >= 11 is 0. The van der Waals surface area contributed by atoms with E-state index in [2.05, 4.69) is 31.2 Å². The van der Waals surface area contributed by atoms with Crippen LogP contribution in [0.15, 0.2) is 36.4 Å². The Kier molecular flexibility index (Phi) is 3.64. The van der Waals surface area contributed by atoms with Gasteiger partial charge in [-0.15, -0.1) is 0 Å². The van der Waals surface area contributed by atoms with Gasteiger partial charge in [-0.25, -0.2) is 0 Å². The van der Waals surface area contributed by atoms with Gasteiger partial charge in [0, 0.05) is 17.0 Å². The zero-order valence-electron chi connectivity index (χ0n) is 10.4. The summed E-state index contributed by atoms with van der Waals surface area (Å²) in [4.78, 5) is 0. The number of hydrogen-bond acceptors (Lipinski definition) is 2. The van der Waals surface area contributed by atoms with E-state index in [1.54, 1.807) is 0 Å². The molecule has 1 atom stereocenters. The third-order valence-corrected chi connectivity index (χ3v) is 2.85. The topological polar surface area (TPSA) is 35.2 Å². The molecular formula is C15H19NO. The molecule has 0 aliphatic heterocycles. The average Bonchev–Trinajstić information content (AvgIpc) is 2.35. The minimum Gasteiger partial charge on any atom is -0.493 e. The quantitative estimate of drug-likeness (QED) is 0.868. The van der Waals surface area contributed by atoms with Crippen LogP contribution in [0.4, 0.5) is 0 Å². The molecular weight excluding hydrogens is 210 g/mol. The van der Waals surface area contributed by atoms with Gasteiger partial charge in [-0.1, -0.05) is 43.3 Å². The molecule has 0 saturated carbocycles. The van der Waals surface area contributed by atoms with Gasteiger partial charge in [0.05, 0.1) is 6.61 Å². The number of nitrogens with two attached hydrogens (primary N) is 1. The summed E-state index contributed by atoms with van der Waals surface area (Å²) in [5, 5.41) is 2.35. The lowest BCUT2D eigenvalue weighted by Gasteiger charge is -2.16. The first-order valence-corrected chi connectivity index (χ1v) is 6.14. The van der Waals surface area contributed by atoms with Crippen LogP contribution < -0.4 is 10.5 Å². The van der Waals surface area contributed by atoms with E-state index >= 15 is 0 Å². The van der Waals surface area contributed by atoms with Crippen LogP contribution in [-0.2, 0) is 0 Å². The van der Waals surface area contributed by atoms with Crippen LogP contribution in [0, 0.1) is 0 Å². The smallest absolute Gasteiger partial charge is 0.131 e. The molecule has 2 heteroatoms. The fourth-order valence-electron chi connectivity index (χ4n) is 1.98. The molecule has 0 amide bonds. The van der Waals surface area contributed by atoms with Gasteiger partial charge in [-0.3, -0.25) is 0 Å². The van der Waals surface area contributed by atoms with E-state index in [1.807, 2.05) is 19.1 Å². The van der Waals surface area contributed by atoms with Crippen molar-refractivity contribution in [1.29, 1.82) is 0 Å². The number of benzene rings is 2. The van der Waals surface area contributed by atoms with Crippen LogP contribution in [0.25, 0.3) is 10.8 Å². The van der Waals surface area contributed by atoms with Crippen LogP contribution in [0.2, 0.25) is 0 Å². The molecule has 0 heterocycles. The molecule has 90 valence electrons. The molecule has 2 rings (SSSR count). The van der Waals surface area contributed by atoms with Crippen molar-refractivity contribution in [1.82, 2.24) is 0 Å². The summed E-state index contributed by atoms with van der Waals surface area (Å²) in [7, 11) is 0. The maximum Gasteiger partial charge on any atom is 0.131 e. The molecule has 0 radical (unpaired) electrons.